The van der Waals surface area contributed by atoms with Crippen molar-refractivity contribution in [3.05, 3.63) is 45.8 Å². The Morgan fingerprint density at radius 2 is 1.93 bits per heavy atom. The Hall–Kier alpha value is -2.09. The predicted molar refractivity (Wildman–Crippen MR) is 118 cm³/mol. The van der Waals surface area contributed by atoms with Crippen molar-refractivity contribution in [2.75, 3.05) is 49.5 Å². The molecular formula is C21H26ClN3O3S. The van der Waals surface area contributed by atoms with Crippen molar-refractivity contribution in [3.8, 4) is 0 Å². The number of piperazine rings is 1. The molecule has 8 heteroatoms. The molecule has 1 aromatic heterocycles. The van der Waals surface area contributed by atoms with Gasteiger partial charge in [-0.1, -0.05) is 24.6 Å². The molecule has 0 bridgehead atoms. The summed E-state index contributed by atoms with van der Waals surface area (Å²) in [5, 5.41) is 4.21. The van der Waals surface area contributed by atoms with Crippen LogP contribution in [0.15, 0.2) is 30.3 Å². The molecule has 29 heavy (non-hydrogen) atoms. The smallest absolute Gasteiger partial charge is 0.341 e. The quantitative estimate of drug-likeness (QED) is 0.668. The van der Waals surface area contributed by atoms with Crippen LogP contribution in [0.1, 0.15) is 29.1 Å². The first kappa shape index (κ1) is 21.6. The Morgan fingerprint density at radius 3 is 2.59 bits per heavy atom. The lowest BCUT2D eigenvalue weighted by Crippen LogP contribution is -2.48. The summed E-state index contributed by atoms with van der Waals surface area (Å²) < 4.78 is 5.11. The van der Waals surface area contributed by atoms with Crippen LogP contribution in [0.3, 0.4) is 0 Å². The van der Waals surface area contributed by atoms with Gasteiger partial charge in [0.15, 0.2) is 0 Å². The number of amides is 1. The number of nitrogens with zero attached hydrogens (tertiary/aromatic N) is 2. The molecule has 3 rings (SSSR count). The fourth-order valence-electron chi connectivity index (χ4n) is 3.28. The number of hydrogen-bond donors (Lipinski definition) is 1. The number of rotatable bonds is 7. The molecule has 2 aromatic rings. The fourth-order valence-corrected chi connectivity index (χ4v) is 4.46. The van der Waals surface area contributed by atoms with Gasteiger partial charge in [-0.05, 0) is 37.6 Å². The summed E-state index contributed by atoms with van der Waals surface area (Å²) in [6, 6.07) is 9.63. The number of anilines is 2. The van der Waals surface area contributed by atoms with Crippen LogP contribution in [0, 0.1) is 0 Å². The lowest BCUT2D eigenvalue weighted by Gasteiger charge is -2.35. The largest absolute Gasteiger partial charge is 0.462 e. The number of aryl methyl sites for hydroxylation is 1. The minimum absolute atomic E-state index is 0.115. The van der Waals surface area contributed by atoms with Crippen molar-refractivity contribution in [1.82, 2.24) is 4.90 Å². The molecule has 1 fully saturated rings. The molecule has 1 amide bonds. The summed E-state index contributed by atoms with van der Waals surface area (Å²) >= 11 is 7.51. The monoisotopic (exact) mass is 435 g/mol. The van der Waals surface area contributed by atoms with Gasteiger partial charge in [0.1, 0.15) is 5.00 Å². The maximum absolute atomic E-state index is 12.6. The topological polar surface area (TPSA) is 61.9 Å². The number of nitrogens with one attached hydrogen (secondary N) is 1. The zero-order valence-electron chi connectivity index (χ0n) is 16.7. The number of esters is 1. The molecule has 1 aliphatic heterocycles. The Kier molecular flexibility index (Phi) is 7.52. The second-order valence-corrected chi connectivity index (χ2v) is 8.39. The number of thiophene rings is 1. The number of benzene rings is 1. The Morgan fingerprint density at radius 1 is 1.17 bits per heavy atom. The molecule has 1 aliphatic rings. The van der Waals surface area contributed by atoms with Gasteiger partial charge in [-0.15, -0.1) is 11.3 Å². The standard InChI is InChI=1S/C21H26ClN3O3S/c1-3-17-13-18(21(27)28-4-2)20(29-17)23-19(26)14-24-8-10-25(11-9-24)16-7-5-6-15(22)12-16/h5-7,12-13H,3-4,8-11,14H2,1-2H3,(H,23,26). The first-order chi connectivity index (χ1) is 14.0. The van der Waals surface area contributed by atoms with Gasteiger partial charge in [0.2, 0.25) is 5.91 Å². The third-order valence-corrected chi connectivity index (χ3v) is 6.22. The van der Waals surface area contributed by atoms with E-state index >= 15 is 0 Å². The van der Waals surface area contributed by atoms with Crippen LogP contribution in [-0.4, -0.2) is 56.1 Å². The molecule has 0 saturated carbocycles. The summed E-state index contributed by atoms with van der Waals surface area (Å²) in [6.07, 6.45) is 0.804. The summed E-state index contributed by atoms with van der Waals surface area (Å²) in [5.74, 6) is -0.509. The van der Waals surface area contributed by atoms with E-state index in [4.69, 9.17) is 16.3 Å². The summed E-state index contributed by atoms with van der Waals surface area (Å²) in [4.78, 5) is 30.2. The van der Waals surface area contributed by atoms with E-state index in [1.54, 1.807) is 6.92 Å². The van der Waals surface area contributed by atoms with Crippen LogP contribution in [-0.2, 0) is 16.0 Å². The van der Waals surface area contributed by atoms with Gasteiger partial charge in [0, 0.05) is 41.8 Å². The lowest BCUT2D eigenvalue weighted by atomic mass is 10.2. The maximum Gasteiger partial charge on any atom is 0.341 e. The van der Waals surface area contributed by atoms with Crippen molar-refractivity contribution in [3.63, 3.8) is 0 Å². The molecular weight excluding hydrogens is 410 g/mol. The molecule has 2 heterocycles. The second-order valence-electron chi connectivity index (χ2n) is 6.82. The molecule has 156 valence electrons. The predicted octanol–water partition coefficient (Wildman–Crippen LogP) is 3.90. The number of hydrogen-bond acceptors (Lipinski definition) is 6. The first-order valence-electron chi connectivity index (χ1n) is 9.82. The molecule has 0 atom stereocenters. The second kappa shape index (κ2) is 10.1. The average molecular weight is 436 g/mol. The lowest BCUT2D eigenvalue weighted by molar-refractivity contribution is -0.117. The normalized spacial score (nSPS) is 14.7. The van der Waals surface area contributed by atoms with Crippen LogP contribution in [0.4, 0.5) is 10.7 Å². The third kappa shape index (κ3) is 5.72. The van der Waals surface area contributed by atoms with Crippen molar-refractivity contribution in [2.24, 2.45) is 0 Å². The van der Waals surface area contributed by atoms with E-state index in [1.165, 1.54) is 11.3 Å². The highest BCUT2D eigenvalue weighted by molar-refractivity contribution is 7.16. The molecule has 1 saturated heterocycles. The SMILES string of the molecule is CCOC(=O)c1cc(CC)sc1NC(=O)CN1CCN(c2cccc(Cl)c2)CC1. The van der Waals surface area contributed by atoms with Crippen LogP contribution in [0.5, 0.6) is 0 Å². The zero-order valence-corrected chi connectivity index (χ0v) is 18.3. The van der Waals surface area contributed by atoms with Crippen LogP contribution in [0.25, 0.3) is 0 Å². The minimum Gasteiger partial charge on any atom is -0.462 e. The molecule has 0 radical (unpaired) electrons. The van der Waals surface area contributed by atoms with Gasteiger partial charge in [0.25, 0.3) is 0 Å². The van der Waals surface area contributed by atoms with Crippen molar-refractivity contribution in [1.29, 1.82) is 0 Å². The van der Waals surface area contributed by atoms with Gasteiger partial charge in [-0.2, -0.15) is 0 Å². The summed E-state index contributed by atoms with van der Waals surface area (Å²) in [6.45, 7) is 7.63. The Labute approximate surface area is 180 Å². The molecule has 1 aromatic carbocycles. The molecule has 6 nitrogen and oxygen atoms in total. The van der Waals surface area contributed by atoms with Crippen LogP contribution in [0.2, 0.25) is 5.02 Å². The highest BCUT2D eigenvalue weighted by atomic mass is 35.5. The van der Waals surface area contributed by atoms with E-state index in [2.05, 4.69) is 15.1 Å². The number of halogens is 1. The van der Waals surface area contributed by atoms with Gasteiger partial charge in [0.05, 0.1) is 18.7 Å². The van der Waals surface area contributed by atoms with E-state index in [9.17, 15) is 9.59 Å². The van der Waals surface area contributed by atoms with Gasteiger partial charge < -0.3 is 15.0 Å². The number of carbonyl (C=O) groups excluding carboxylic acids is 2. The summed E-state index contributed by atoms with van der Waals surface area (Å²) in [7, 11) is 0. The van der Waals surface area contributed by atoms with Gasteiger partial charge in [-0.3, -0.25) is 9.69 Å². The van der Waals surface area contributed by atoms with Crippen molar-refractivity contribution >= 4 is 45.5 Å². The van der Waals surface area contributed by atoms with Gasteiger partial charge >= 0.3 is 5.97 Å². The van der Waals surface area contributed by atoms with E-state index in [0.29, 0.717) is 23.7 Å². The highest BCUT2D eigenvalue weighted by Gasteiger charge is 2.22. The molecule has 1 N–H and O–H groups in total. The summed E-state index contributed by atoms with van der Waals surface area (Å²) in [5.41, 5.74) is 1.54. The number of carbonyl (C=O) groups is 2. The van der Waals surface area contributed by atoms with E-state index < -0.39 is 5.97 Å². The highest BCUT2D eigenvalue weighted by Crippen LogP contribution is 2.29. The number of ether oxygens (including phenoxy) is 1. The van der Waals surface area contributed by atoms with Gasteiger partial charge in [-0.25, -0.2) is 4.79 Å². The fraction of sp³-hybridized carbons (Fsp3) is 0.429. The van der Waals surface area contributed by atoms with E-state index in [-0.39, 0.29) is 5.91 Å². The minimum atomic E-state index is -0.395. The first-order valence-corrected chi connectivity index (χ1v) is 11.0. The average Bonchev–Trinajstić information content (AvgIpc) is 3.11. The van der Waals surface area contributed by atoms with Crippen molar-refractivity contribution < 1.29 is 14.3 Å². The maximum atomic E-state index is 12.6. The third-order valence-electron chi connectivity index (χ3n) is 4.79. The molecule has 0 spiro atoms. The molecule has 0 unspecified atom stereocenters. The molecule has 0 aliphatic carbocycles. The van der Waals surface area contributed by atoms with Crippen molar-refractivity contribution in [2.45, 2.75) is 20.3 Å². The van der Waals surface area contributed by atoms with Crippen LogP contribution < -0.4 is 10.2 Å². The Balaban J connectivity index is 1.55. The Bertz CT molecular complexity index is 863. The van der Waals surface area contributed by atoms with Crippen LogP contribution >= 0.6 is 22.9 Å². The van der Waals surface area contributed by atoms with E-state index in [0.717, 1.165) is 48.2 Å². The zero-order chi connectivity index (χ0) is 20.8. The van der Waals surface area contributed by atoms with E-state index in [1.807, 2.05) is 37.3 Å².